The predicted octanol–water partition coefficient (Wildman–Crippen LogP) is 3.85. The van der Waals surface area contributed by atoms with E-state index >= 15 is 8.78 Å². The first kappa shape index (κ1) is 44.0. The number of carbonyl (C=O) groups is 3. The van der Waals surface area contributed by atoms with Gasteiger partial charge in [-0.15, -0.1) is 0 Å². The average molecular weight is 920 g/mol. The normalized spacial score (nSPS) is 24.7. The van der Waals surface area contributed by atoms with E-state index in [9.17, 15) is 28.0 Å². The Balaban J connectivity index is 0.728. The summed E-state index contributed by atoms with van der Waals surface area (Å²) in [5.74, 6) is -3.61. The van der Waals surface area contributed by atoms with Crippen LogP contribution >= 0.6 is 0 Å². The number of alkyl halides is 4. The highest BCUT2D eigenvalue weighted by atomic mass is 19.3. The Labute approximate surface area is 376 Å². The first-order chi connectivity index (χ1) is 31.8. The molecule has 5 fully saturated rings. The second kappa shape index (κ2) is 17.7. The number of aromatic nitrogens is 7. The van der Waals surface area contributed by atoms with Crippen LogP contribution in [0.2, 0.25) is 0 Å². The van der Waals surface area contributed by atoms with Gasteiger partial charge in [0.05, 0.1) is 60.4 Å². The minimum atomic E-state index is -2.94. The van der Waals surface area contributed by atoms with Crippen LogP contribution in [-0.2, 0) is 21.4 Å². The van der Waals surface area contributed by atoms with Gasteiger partial charge in [-0.1, -0.05) is 6.07 Å². The van der Waals surface area contributed by atoms with Crippen LogP contribution in [0.3, 0.4) is 0 Å². The van der Waals surface area contributed by atoms with Gasteiger partial charge in [-0.3, -0.25) is 43.3 Å². The number of amides is 3. The van der Waals surface area contributed by atoms with Crippen LogP contribution in [0.15, 0.2) is 47.7 Å². The number of anilines is 3. The van der Waals surface area contributed by atoms with Gasteiger partial charge in [0.15, 0.2) is 11.3 Å². The number of rotatable bonds is 10. The van der Waals surface area contributed by atoms with Crippen LogP contribution < -0.4 is 26.1 Å². The van der Waals surface area contributed by atoms with E-state index in [2.05, 4.69) is 30.7 Å². The van der Waals surface area contributed by atoms with Crippen molar-refractivity contribution in [1.82, 2.24) is 48.6 Å². The van der Waals surface area contributed by atoms with Gasteiger partial charge in [-0.2, -0.15) is 10.2 Å². The summed E-state index contributed by atoms with van der Waals surface area (Å²) in [6, 6.07) is 5.42. The molecule has 4 saturated heterocycles. The second-order valence-electron chi connectivity index (χ2n) is 18.2. The maximum absolute atomic E-state index is 16.1. The molecule has 1 saturated carbocycles. The van der Waals surface area contributed by atoms with Crippen molar-refractivity contribution in [3.63, 3.8) is 0 Å². The number of para-hydroxylation sites is 1. The summed E-state index contributed by atoms with van der Waals surface area (Å²) in [4.78, 5) is 64.0. The third-order valence-electron chi connectivity index (χ3n) is 14.2. The highest BCUT2D eigenvalue weighted by Gasteiger charge is 2.48. The van der Waals surface area contributed by atoms with Crippen LogP contribution in [0.1, 0.15) is 79.5 Å². The third-order valence-corrected chi connectivity index (χ3v) is 14.2. The summed E-state index contributed by atoms with van der Waals surface area (Å²) in [5, 5.41) is 13.4. The molecule has 3 amide bonds. The fraction of sp³-hybridized carbons (Fsp3) is 0.568. The molecule has 2 N–H and O–H groups in total. The molecular formula is C44H53F4N13O5. The summed E-state index contributed by atoms with van der Waals surface area (Å²) < 4.78 is 72.1. The van der Waals surface area contributed by atoms with Crippen molar-refractivity contribution in [3.8, 4) is 0 Å². The largest absolute Gasteiger partial charge is 0.378 e. The Morgan fingerprint density at radius 1 is 0.955 bits per heavy atom. The van der Waals surface area contributed by atoms with Gasteiger partial charge >= 0.3 is 5.69 Å². The highest BCUT2D eigenvalue weighted by Crippen LogP contribution is 2.38. The number of piperidine rings is 2. The van der Waals surface area contributed by atoms with Crippen molar-refractivity contribution in [2.75, 3.05) is 87.2 Å². The summed E-state index contributed by atoms with van der Waals surface area (Å²) in [6.45, 7) is 4.93. The Kier molecular flexibility index (Phi) is 11.8. The molecule has 0 spiro atoms. The smallest absolute Gasteiger partial charge is 0.329 e. The Hall–Kier alpha value is -5.87. The number of nitrogens with one attached hydrogen (secondary N) is 2. The summed E-state index contributed by atoms with van der Waals surface area (Å²) in [5.41, 5.74) is 1.49. The Bertz CT molecular complexity index is 2690. The number of benzene rings is 1. The van der Waals surface area contributed by atoms with Crippen LogP contribution in [0.25, 0.3) is 16.7 Å². The van der Waals surface area contributed by atoms with E-state index in [0.717, 1.165) is 18.5 Å². The second-order valence-corrected chi connectivity index (χ2v) is 18.2. The van der Waals surface area contributed by atoms with Gasteiger partial charge < -0.3 is 19.9 Å². The molecule has 5 aliphatic rings. The number of imide groups is 1. The Morgan fingerprint density at radius 2 is 1.73 bits per heavy atom. The van der Waals surface area contributed by atoms with E-state index in [-0.39, 0.29) is 54.2 Å². The van der Waals surface area contributed by atoms with Crippen molar-refractivity contribution in [2.45, 2.75) is 75.4 Å². The number of ether oxygens (including phenoxy) is 1. The summed E-state index contributed by atoms with van der Waals surface area (Å²) in [6.07, 6.45) is 4.97. The number of aryl methyl sites for hydroxylation is 1. The topological polar surface area (TPSA) is 172 Å². The minimum Gasteiger partial charge on any atom is -0.378 e. The van der Waals surface area contributed by atoms with E-state index in [1.165, 1.54) is 30.7 Å². The molecule has 0 radical (unpaired) electrons. The number of halogens is 4. The lowest BCUT2D eigenvalue weighted by Crippen LogP contribution is -2.62. The fourth-order valence-corrected chi connectivity index (χ4v) is 10.8. The lowest BCUT2D eigenvalue weighted by molar-refractivity contribution is -0.135. The van der Waals surface area contributed by atoms with Crippen molar-refractivity contribution in [3.05, 3.63) is 64.6 Å². The number of nitrogens with zero attached hydrogens (tertiary/aromatic N) is 11. The number of fused-ring (bicyclic) bond motifs is 2. The number of hydrogen-bond acceptors (Lipinski definition) is 12. The van der Waals surface area contributed by atoms with Gasteiger partial charge in [0.1, 0.15) is 17.4 Å². The molecule has 0 bridgehead atoms. The average Bonchev–Trinajstić information content (AvgIpc) is 4.01. The van der Waals surface area contributed by atoms with E-state index in [1.807, 2.05) is 26.8 Å². The number of imidazole rings is 1. The van der Waals surface area contributed by atoms with Gasteiger partial charge in [0.2, 0.25) is 11.8 Å². The van der Waals surface area contributed by atoms with E-state index in [0.29, 0.717) is 107 Å². The van der Waals surface area contributed by atoms with Gasteiger partial charge in [-0.05, 0) is 62.6 Å². The molecule has 1 aliphatic carbocycles. The van der Waals surface area contributed by atoms with Crippen LogP contribution in [0.5, 0.6) is 0 Å². The number of likely N-dealkylation sites (tertiary alicyclic amines) is 1. The zero-order valence-electron chi connectivity index (χ0n) is 36.6. The molecule has 66 heavy (non-hydrogen) atoms. The zero-order chi connectivity index (χ0) is 45.9. The number of morpholine rings is 1. The molecule has 4 aromatic heterocycles. The molecule has 4 aliphatic heterocycles. The van der Waals surface area contributed by atoms with Crippen molar-refractivity contribution in [2.24, 2.45) is 13.0 Å². The van der Waals surface area contributed by atoms with Crippen LogP contribution in [-0.4, -0.2) is 145 Å². The first-order valence-electron chi connectivity index (χ1n) is 22.8. The lowest BCUT2D eigenvalue weighted by atomic mass is 9.85. The monoisotopic (exact) mass is 919 g/mol. The van der Waals surface area contributed by atoms with E-state index in [1.54, 1.807) is 25.4 Å². The van der Waals surface area contributed by atoms with E-state index < -0.39 is 41.9 Å². The maximum Gasteiger partial charge on any atom is 0.329 e. The quantitative estimate of drug-likeness (QED) is 0.154. The molecular weight excluding hydrogens is 867 g/mol. The molecule has 10 rings (SSSR count). The van der Waals surface area contributed by atoms with Gasteiger partial charge in [0.25, 0.3) is 18.3 Å². The molecule has 18 nitrogen and oxygen atoms in total. The summed E-state index contributed by atoms with van der Waals surface area (Å²) in [7, 11) is 1.65. The molecule has 22 heteroatoms. The minimum absolute atomic E-state index is 0.0849. The number of carbonyl (C=O) groups excluding carboxylic acids is 3. The first-order valence-corrected chi connectivity index (χ1v) is 22.8. The van der Waals surface area contributed by atoms with Gasteiger partial charge in [0, 0.05) is 78.2 Å². The number of hydrogen-bond donors (Lipinski definition) is 2. The standard InChI is InChI=1S/C44H53F4N13O5/c1-54-38-31(3-2-4-32(38)61(43(54)65)33-9-10-36(62)52-42(33)64)56-15-17-57(18-16-56)34-11-13-55(26-44(34,47)48)24-27-5-7-28(8-6-27)60-25-30(37(53-60)39(45)46)50-41(63)29-23-49-59-14-12-35(51-40(29)59)58-19-21-66-22-20-58/h2-4,12,14,23,25,27-28,33-34,39H,5-11,13,15-22,24,26H2,1H3,(H,50,63)(H,52,62,64)/t27?,28?,33?,34-/m0/s1. The van der Waals surface area contributed by atoms with Gasteiger partial charge in [-0.25, -0.2) is 31.9 Å². The third kappa shape index (κ3) is 8.31. The molecule has 5 aromatic rings. The maximum atomic E-state index is 16.1. The summed E-state index contributed by atoms with van der Waals surface area (Å²) >= 11 is 0. The fourth-order valence-electron chi connectivity index (χ4n) is 10.8. The zero-order valence-corrected chi connectivity index (χ0v) is 36.6. The van der Waals surface area contributed by atoms with E-state index in [4.69, 9.17) is 4.74 Å². The van der Waals surface area contributed by atoms with Crippen molar-refractivity contribution < 1.29 is 36.7 Å². The van der Waals surface area contributed by atoms with Crippen molar-refractivity contribution >= 4 is 51.6 Å². The van der Waals surface area contributed by atoms with Crippen molar-refractivity contribution in [1.29, 1.82) is 0 Å². The molecule has 2 atom stereocenters. The highest BCUT2D eigenvalue weighted by molar-refractivity contribution is 6.08. The molecule has 1 unspecified atom stereocenters. The van der Waals surface area contributed by atoms with Crippen LogP contribution in [0, 0.1) is 5.92 Å². The Morgan fingerprint density at radius 3 is 2.45 bits per heavy atom. The molecule has 1 aromatic carbocycles. The SMILES string of the molecule is Cn1c(=O)n(C2CCC(=O)NC2=O)c2cccc(N3CCN([C@H]4CCN(CC5CCC(n6cc(NC(=O)c7cnn8ccc(N9CCOCC9)nc78)c(C(F)F)n6)CC5)CC4(F)F)CC3)c21. The predicted molar refractivity (Wildman–Crippen MR) is 234 cm³/mol. The lowest BCUT2D eigenvalue weighted by Gasteiger charge is -2.47. The van der Waals surface area contributed by atoms with Crippen LogP contribution in [0.4, 0.5) is 34.8 Å². The molecule has 352 valence electrons. The number of piperazine rings is 1. The molecule has 8 heterocycles.